The van der Waals surface area contributed by atoms with Crippen LogP contribution in [-0.4, -0.2) is 23.0 Å². The number of rotatable bonds is 5. The molecule has 1 aliphatic heterocycles. The van der Waals surface area contributed by atoms with Crippen LogP contribution >= 0.6 is 15.9 Å². The smallest absolute Gasteiger partial charge is 0.290 e. The van der Waals surface area contributed by atoms with Crippen molar-refractivity contribution in [2.75, 3.05) is 7.11 Å². The summed E-state index contributed by atoms with van der Waals surface area (Å²) in [6, 6.07) is 20.3. The molecule has 4 rings (SSSR count). The first-order valence-electron chi connectivity index (χ1n) is 9.37. The van der Waals surface area contributed by atoms with Crippen LogP contribution in [0, 0.1) is 5.82 Å². The summed E-state index contributed by atoms with van der Waals surface area (Å²) < 4.78 is 19.4. The quantitative estimate of drug-likeness (QED) is 0.527. The summed E-state index contributed by atoms with van der Waals surface area (Å²) in [5.74, 6) is -0.411. The topological polar surface area (TPSA) is 49.8 Å². The lowest BCUT2D eigenvalue weighted by Gasteiger charge is -2.28. The minimum Gasteiger partial charge on any atom is -0.503 e. The second-order valence-corrected chi connectivity index (χ2v) is 7.83. The van der Waals surface area contributed by atoms with E-state index in [1.807, 2.05) is 36.4 Å². The van der Waals surface area contributed by atoms with E-state index in [9.17, 15) is 14.3 Å². The summed E-state index contributed by atoms with van der Waals surface area (Å²) in [6.07, 6.45) is 0. The molecule has 0 fully saturated rings. The molecule has 0 radical (unpaired) electrons. The molecule has 0 aromatic heterocycles. The van der Waals surface area contributed by atoms with Gasteiger partial charge < -0.3 is 14.7 Å². The van der Waals surface area contributed by atoms with Crippen molar-refractivity contribution in [3.63, 3.8) is 0 Å². The van der Waals surface area contributed by atoms with Crippen LogP contribution in [-0.2, 0) is 11.3 Å². The lowest BCUT2D eigenvalue weighted by molar-refractivity contribution is -0.130. The highest BCUT2D eigenvalue weighted by Gasteiger charge is 2.41. The molecule has 0 saturated heterocycles. The van der Waals surface area contributed by atoms with Gasteiger partial charge in [-0.15, -0.1) is 0 Å². The van der Waals surface area contributed by atoms with Gasteiger partial charge in [-0.05, 0) is 47.0 Å². The van der Waals surface area contributed by atoms with Crippen molar-refractivity contribution in [3.05, 3.63) is 106 Å². The van der Waals surface area contributed by atoms with Crippen molar-refractivity contribution in [1.82, 2.24) is 4.90 Å². The molecule has 1 aliphatic rings. The summed E-state index contributed by atoms with van der Waals surface area (Å²) in [5, 5.41) is 10.8. The molecule has 152 valence electrons. The molecule has 1 heterocycles. The summed E-state index contributed by atoms with van der Waals surface area (Å²) >= 11 is 3.58. The fourth-order valence-electron chi connectivity index (χ4n) is 3.69. The van der Waals surface area contributed by atoms with Gasteiger partial charge in [-0.2, -0.15) is 0 Å². The third-order valence-corrected chi connectivity index (χ3v) is 5.89. The van der Waals surface area contributed by atoms with Crippen molar-refractivity contribution >= 4 is 27.4 Å². The lowest BCUT2D eigenvalue weighted by Crippen LogP contribution is -2.30. The van der Waals surface area contributed by atoms with E-state index in [2.05, 4.69) is 15.9 Å². The Morgan fingerprint density at radius 3 is 2.33 bits per heavy atom. The van der Waals surface area contributed by atoms with E-state index in [0.717, 1.165) is 21.2 Å². The zero-order valence-electron chi connectivity index (χ0n) is 16.2. The fourth-order valence-corrected chi connectivity index (χ4v) is 4.19. The maximum Gasteiger partial charge on any atom is 0.290 e. The van der Waals surface area contributed by atoms with Crippen LogP contribution in [0.4, 0.5) is 4.39 Å². The van der Waals surface area contributed by atoms with Crippen LogP contribution in [0.15, 0.2) is 83.0 Å². The number of aliphatic hydroxyl groups excluding tert-OH is 1. The first-order chi connectivity index (χ1) is 14.5. The van der Waals surface area contributed by atoms with Gasteiger partial charge in [0.15, 0.2) is 5.76 Å². The van der Waals surface area contributed by atoms with Gasteiger partial charge in [-0.1, -0.05) is 58.4 Å². The number of hydrogen-bond acceptors (Lipinski definition) is 3. The maximum atomic E-state index is 13.3. The Balaban J connectivity index is 1.81. The number of amides is 1. The van der Waals surface area contributed by atoms with Gasteiger partial charge in [0.25, 0.3) is 5.91 Å². The SMILES string of the molecule is COc1ccc(C2=C(O)C(=O)N(Cc3ccc(F)cc3)[C@H]2c2ccccc2Br)cc1. The Hall–Kier alpha value is -3.12. The zero-order valence-corrected chi connectivity index (χ0v) is 17.8. The largest absolute Gasteiger partial charge is 0.503 e. The van der Waals surface area contributed by atoms with Crippen LogP contribution in [0.25, 0.3) is 5.57 Å². The number of nitrogens with zero attached hydrogens (tertiary/aromatic N) is 1. The first kappa shape index (κ1) is 20.2. The highest BCUT2D eigenvalue weighted by Crippen LogP contribution is 2.45. The van der Waals surface area contributed by atoms with Gasteiger partial charge in [0.2, 0.25) is 0 Å². The van der Waals surface area contributed by atoms with Crippen molar-refractivity contribution < 1.29 is 19.0 Å². The molecule has 0 saturated carbocycles. The number of benzene rings is 3. The Bertz CT molecular complexity index is 1110. The number of halogens is 2. The number of carbonyl (C=O) groups excluding carboxylic acids is 1. The predicted molar refractivity (Wildman–Crippen MR) is 116 cm³/mol. The summed E-state index contributed by atoms with van der Waals surface area (Å²) in [4.78, 5) is 14.7. The third kappa shape index (κ3) is 3.71. The minimum atomic E-state index is -0.508. The van der Waals surface area contributed by atoms with Crippen molar-refractivity contribution in [2.45, 2.75) is 12.6 Å². The highest BCUT2D eigenvalue weighted by molar-refractivity contribution is 9.10. The molecule has 3 aromatic carbocycles. The fraction of sp³-hybridized carbons (Fsp3) is 0.125. The Morgan fingerprint density at radius 1 is 1.03 bits per heavy atom. The number of carbonyl (C=O) groups is 1. The molecule has 30 heavy (non-hydrogen) atoms. The van der Waals surface area contributed by atoms with Gasteiger partial charge in [-0.25, -0.2) is 4.39 Å². The molecule has 0 bridgehead atoms. The van der Waals surface area contributed by atoms with E-state index < -0.39 is 11.9 Å². The number of methoxy groups -OCH3 is 1. The molecule has 1 atom stereocenters. The lowest BCUT2D eigenvalue weighted by atomic mass is 9.93. The first-order valence-corrected chi connectivity index (χ1v) is 10.2. The van der Waals surface area contributed by atoms with Crippen LogP contribution in [0.2, 0.25) is 0 Å². The monoisotopic (exact) mass is 467 g/mol. The molecule has 3 aromatic rings. The molecular formula is C24H19BrFNO3. The Morgan fingerprint density at radius 2 is 1.70 bits per heavy atom. The average Bonchev–Trinajstić information content (AvgIpc) is 3.00. The zero-order chi connectivity index (χ0) is 21.3. The van der Waals surface area contributed by atoms with E-state index in [-0.39, 0.29) is 18.1 Å². The molecule has 0 unspecified atom stereocenters. The van der Waals surface area contributed by atoms with E-state index in [0.29, 0.717) is 11.3 Å². The van der Waals surface area contributed by atoms with E-state index in [1.54, 1.807) is 36.3 Å². The number of aliphatic hydroxyl groups is 1. The predicted octanol–water partition coefficient (Wildman–Crippen LogP) is 5.65. The molecule has 1 amide bonds. The molecule has 1 N–H and O–H groups in total. The van der Waals surface area contributed by atoms with Gasteiger partial charge in [0.05, 0.1) is 13.2 Å². The maximum absolute atomic E-state index is 13.3. The molecule has 4 nitrogen and oxygen atoms in total. The summed E-state index contributed by atoms with van der Waals surface area (Å²) in [6.45, 7) is 0.231. The van der Waals surface area contributed by atoms with E-state index in [1.165, 1.54) is 12.1 Å². The number of ether oxygens (including phenoxy) is 1. The Kier molecular flexibility index (Phi) is 5.59. The van der Waals surface area contributed by atoms with Gasteiger partial charge >= 0.3 is 0 Å². The van der Waals surface area contributed by atoms with Gasteiger partial charge in [0, 0.05) is 16.6 Å². The number of hydrogen-bond donors (Lipinski definition) is 1. The van der Waals surface area contributed by atoms with E-state index >= 15 is 0 Å². The van der Waals surface area contributed by atoms with Crippen molar-refractivity contribution in [2.24, 2.45) is 0 Å². The third-order valence-electron chi connectivity index (χ3n) is 5.17. The normalized spacial score (nSPS) is 16.3. The van der Waals surface area contributed by atoms with Gasteiger partial charge in [-0.3, -0.25) is 4.79 Å². The minimum absolute atomic E-state index is 0.231. The highest BCUT2D eigenvalue weighted by atomic mass is 79.9. The van der Waals surface area contributed by atoms with Gasteiger partial charge in [0.1, 0.15) is 11.6 Å². The van der Waals surface area contributed by atoms with Crippen LogP contribution in [0.5, 0.6) is 5.75 Å². The average molecular weight is 468 g/mol. The van der Waals surface area contributed by atoms with Crippen LogP contribution in [0.1, 0.15) is 22.7 Å². The van der Waals surface area contributed by atoms with Crippen molar-refractivity contribution in [1.29, 1.82) is 0 Å². The summed E-state index contributed by atoms with van der Waals surface area (Å²) in [7, 11) is 1.58. The molecule has 6 heteroatoms. The summed E-state index contributed by atoms with van der Waals surface area (Å²) in [5.41, 5.74) is 2.87. The molecule has 0 aliphatic carbocycles. The molecule has 0 spiro atoms. The molecular weight excluding hydrogens is 449 g/mol. The van der Waals surface area contributed by atoms with Crippen LogP contribution in [0.3, 0.4) is 0 Å². The second kappa shape index (κ2) is 8.32. The standard InChI is InChI=1S/C24H19BrFNO3/c1-30-18-12-8-16(9-13-18)21-22(19-4-2-3-5-20(19)25)27(24(29)23(21)28)14-15-6-10-17(26)11-7-15/h2-13,22,28H,14H2,1H3/t22-/m0/s1. The van der Waals surface area contributed by atoms with Crippen molar-refractivity contribution in [3.8, 4) is 5.75 Å². The second-order valence-electron chi connectivity index (χ2n) is 6.97. The Labute approximate surface area is 182 Å². The van der Waals surface area contributed by atoms with Crippen LogP contribution < -0.4 is 4.74 Å². The van der Waals surface area contributed by atoms with E-state index in [4.69, 9.17) is 4.74 Å².